The quantitative estimate of drug-likeness (QED) is 0.465. The van der Waals surface area contributed by atoms with Crippen molar-refractivity contribution in [2.24, 2.45) is 5.92 Å². The summed E-state index contributed by atoms with van der Waals surface area (Å²) in [5, 5.41) is 7.46. The van der Waals surface area contributed by atoms with Crippen molar-refractivity contribution in [3.63, 3.8) is 0 Å². The van der Waals surface area contributed by atoms with Crippen molar-refractivity contribution in [1.82, 2.24) is 10.0 Å². The van der Waals surface area contributed by atoms with Crippen molar-refractivity contribution in [3.8, 4) is 0 Å². The Balaban J connectivity index is 1.25. The van der Waals surface area contributed by atoms with Crippen LogP contribution in [0.1, 0.15) is 24.8 Å². The van der Waals surface area contributed by atoms with E-state index in [2.05, 4.69) is 15.4 Å². The van der Waals surface area contributed by atoms with Crippen molar-refractivity contribution >= 4 is 38.3 Å². The molecule has 0 spiro atoms. The van der Waals surface area contributed by atoms with Crippen LogP contribution < -0.4 is 15.4 Å². The predicted molar refractivity (Wildman–Crippen MR) is 123 cm³/mol. The fourth-order valence-corrected chi connectivity index (χ4v) is 4.42. The average molecular weight is 452 g/mol. The first-order chi connectivity index (χ1) is 15.4. The molecule has 32 heavy (non-hydrogen) atoms. The molecular formula is C24H25N3O4S. The second-order valence-corrected chi connectivity index (χ2v) is 9.66. The molecule has 0 heterocycles. The highest BCUT2D eigenvalue weighted by Gasteiger charge is 2.29. The van der Waals surface area contributed by atoms with Gasteiger partial charge in [0.1, 0.15) is 0 Å². The Labute approximate surface area is 187 Å². The van der Waals surface area contributed by atoms with Gasteiger partial charge < -0.3 is 10.6 Å². The molecular weight excluding hydrogens is 426 g/mol. The van der Waals surface area contributed by atoms with Crippen LogP contribution in [0.3, 0.4) is 0 Å². The van der Waals surface area contributed by atoms with E-state index in [0.29, 0.717) is 12.2 Å². The molecule has 0 saturated heterocycles. The maximum absolute atomic E-state index is 12.5. The van der Waals surface area contributed by atoms with Gasteiger partial charge in [0.15, 0.2) is 0 Å². The molecule has 1 aliphatic rings. The summed E-state index contributed by atoms with van der Waals surface area (Å²) in [6.07, 6.45) is 1.89. The van der Waals surface area contributed by atoms with Crippen molar-refractivity contribution in [3.05, 3.63) is 72.3 Å². The van der Waals surface area contributed by atoms with Crippen molar-refractivity contribution in [1.29, 1.82) is 0 Å². The van der Waals surface area contributed by atoms with Gasteiger partial charge in [-0.2, -0.15) is 0 Å². The van der Waals surface area contributed by atoms with Crippen LogP contribution >= 0.6 is 0 Å². The van der Waals surface area contributed by atoms with Crippen LogP contribution in [0, 0.1) is 5.92 Å². The highest BCUT2D eigenvalue weighted by Crippen LogP contribution is 2.30. The Morgan fingerprint density at radius 3 is 2.47 bits per heavy atom. The van der Waals surface area contributed by atoms with Crippen molar-refractivity contribution in [2.75, 3.05) is 11.9 Å². The van der Waals surface area contributed by atoms with Gasteiger partial charge in [-0.05, 0) is 53.4 Å². The lowest BCUT2D eigenvalue weighted by Crippen LogP contribution is -2.30. The topological polar surface area (TPSA) is 104 Å². The number of nitrogens with one attached hydrogen (secondary N) is 3. The number of hydrogen-bond donors (Lipinski definition) is 3. The SMILES string of the molecule is O=C(CCNS(=O)(=O)c1ccc2ccccc2c1)NCc1cccc(NC(=O)C2CC2)c1. The number of rotatable bonds is 9. The molecule has 0 atom stereocenters. The molecule has 2 amide bonds. The van der Waals surface area contributed by atoms with E-state index in [1.807, 2.05) is 48.5 Å². The van der Waals surface area contributed by atoms with Crippen LogP contribution in [0.5, 0.6) is 0 Å². The molecule has 1 aliphatic carbocycles. The zero-order chi connectivity index (χ0) is 22.6. The molecule has 3 aromatic carbocycles. The Kier molecular flexibility index (Phi) is 6.53. The number of anilines is 1. The van der Waals surface area contributed by atoms with E-state index in [-0.39, 0.29) is 35.6 Å². The van der Waals surface area contributed by atoms with Gasteiger partial charge >= 0.3 is 0 Å². The first-order valence-electron chi connectivity index (χ1n) is 10.6. The van der Waals surface area contributed by atoms with Gasteiger partial charge in [0, 0.05) is 31.1 Å². The minimum Gasteiger partial charge on any atom is -0.352 e. The predicted octanol–water partition coefficient (Wildman–Crippen LogP) is 3.17. The highest BCUT2D eigenvalue weighted by molar-refractivity contribution is 7.89. The van der Waals surface area contributed by atoms with Crippen LogP contribution in [-0.2, 0) is 26.2 Å². The van der Waals surface area contributed by atoms with Crippen LogP contribution in [0.15, 0.2) is 71.6 Å². The van der Waals surface area contributed by atoms with Crippen LogP contribution in [0.2, 0.25) is 0 Å². The molecule has 0 radical (unpaired) electrons. The number of hydrogen-bond acceptors (Lipinski definition) is 4. The fraction of sp³-hybridized carbons (Fsp3) is 0.250. The molecule has 3 aromatic rings. The number of sulfonamides is 1. The lowest BCUT2D eigenvalue weighted by Gasteiger charge is -2.10. The molecule has 0 bridgehead atoms. The standard InChI is InChI=1S/C24H25N3O4S/c28-23(25-16-17-4-3-7-21(14-17)27-24(29)19-8-9-19)12-13-26-32(30,31)22-11-10-18-5-1-2-6-20(18)15-22/h1-7,10-11,14-15,19,26H,8-9,12-13,16H2,(H,25,28)(H,27,29). The van der Waals surface area contributed by atoms with E-state index < -0.39 is 10.0 Å². The minimum absolute atomic E-state index is 0.00151. The third-order valence-corrected chi connectivity index (χ3v) is 6.77. The largest absolute Gasteiger partial charge is 0.352 e. The zero-order valence-corrected chi connectivity index (χ0v) is 18.3. The number of carbonyl (C=O) groups excluding carboxylic acids is 2. The summed E-state index contributed by atoms with van der Waals surface area (Å²) in [5.74, 6) is -0.111. The van der Waals surface area contributed by atoms with Crippen LogP contribution in [0.4, 0.5) is 5.69 Å². The van der Waals surface area contributed by atoms with E-state index in [1.165, 1.54) is 0 Å². The second-order valence-electron chi connectivity index (χ2n) is 7.90. The lowest BCUT2D eigenvalue weighted by molar-refractivity contribution is -0.121. The Morgan fingerprint density at radius 1 is 0.906 bits per heavy atom. The summed E-state index contributed by atoms with van der Waals surface area (Å²) in [6.45, 7) is 0.294. The molecule has 0 unspecified atom stereocenters. The van der Waals surface area contributed by atoms with Gasteiger partial charge in [-0.25, -0.2) is 13.1 Å². The number of carbonyl (C=O) groups is 2. The Morgan fingerprint density at radius 2 is 1.69 bits per heavy atom. The summed E-state index contributed by atoms with van der Waals surface area (Å²) in [6, 6.07) is 19.8. The average Bonchev–Trinajstić information content (AvgIpc) is 3.63. The Bertz CT molecular complexity index is 1250. The summed E-state index contributed by atoms with van der Waals surface area (Å²) in [5.41, 5.74) is 1.56. The molecule has 0 aliphatic heterocycles. The molecule has 166 valence electrons. The third-order valence-electron chi connectivity index (χ3n) is 5.31. The summed E-state index contributed by atoms with van der Waals surface area (Å²) < 4.78 is 27.6. The molecule has 0 aromatic heterocycles. The zero-order valence-electron chi connectivity index (χ0n) is 17.5. The summed E-state index contributed by atoms with van der Waals surface area (Å²) in [4.78, 5) is 24.2. The highest BCUT2D eigenvalue weighted by atomic mass is 32.2. The van der Waals surface area contributed by atoms with E-state index in [0.717, 1.165) is 29.2 Å². The van der Waals surface area contributed by atoms with Crippen LogP contribution in [0.25, 0.3) is 10.8 Å². The molecule has 7 nitrogen and oxygen atoms in total. The van der Waals surface area contributed by atoms with Gasteiger partial charge in [-0.15, -0.1) is 0 Å². The lowest BCUT2D eigenvalue weighted by atomic mass is 10.1. The van der Waals surface area contributed by atoms with E-state index in [9.17, 15) is 18.0 Å². The molecule has 8 heteroatoms. The second kappa shape index (κ2) is 9.50. The summed E-state index contributed by atoms with van der Waals surface area (Å²) in [7, 11) is -3.70. The first-order valence-corrected chi connectivity index (χ1v) is 12.0. The van der Waals surface area contributed by atoms with E-state index in [1.54, 1.807) is 18.2 Å². The molecule has 3 N–H and O–H groups in total. The van der Waals surface area contributed by atoms with Crippen molar-refractivity contribution in [2.45, 2.75) is 30.7 Å². The number of amides is 2. The van der Waals surface area contributed by atoms with E-state index in [4.69, 9.17) is 0 Å². The summed E-state index contributed by atoms with van der Waals surface area (Å²) >= 11 is 0. The van der Waals surface area contributed by atoms with Gasteiger partial charge in [-0.3, -0.25) is 9.59 Å². The third kappa shape index (κ3) is 5.72. The van der Waals surface area contributed by atoms with Gasteiger partial charge in [0.05, 0.1) is 4.90 Å². The maximum atomic E-state index is 12.5. The number of benzene rings is 3. The fourth-order valence-electron chi connectivity index (χ4n) is 3.35. The van der Waals surface area contributed by atoms with Gasteiger partial charge in [0.2, 0.25) is 21.8 Å². The first kappa shape index (κ1) is 22.0. The van der Waals surface area contributed by atoms with E-state index >= 15 is 0 Å². The number of fused-ring (bicyclic) bond motifs is 1. The molecule has 1 saturated carbocycles. The molecule has 1 fully saturated rings. The monoisotopic (exact) mass is 451 g/mol. The molecule has 4 rings (SSSR count). The minimum atomic E-state index is -3.70. The van der Waals surface area contributed by atoms with Gasteiger partial charge in [-0.1, -0.05) is 42.5 Å². The van der Waals surface area contributed by atoms with Gasteiger partial charge in [0.25, 0.3) is 0 Å². The maximum Gasteiger partial charge on any atom is 0.240 e. The smallest absolute Gasteiger partial charge is 0.240 e. The Hall–Kier alpha value is -3.23. The van der Waals surface area contributed by atoms with Crippen LogP contribution in [-0.4, -0.2) is 26.8 Å². The van der Waals surface area contributed by atoms with Crippen molar-refractivity contribution < 1.29 is 18.0 Å². The normalized spacial score (nSPS) is 13.6.